The lowest BCUT2D eigenvalue weighted by Crippen LogP contribution is -1.92. The molecule has 3 rings (SSSR count). The van der Waals surface area contributed by atoms with Crippen molar-refractivity contribution in [2.75, 3.05) is 13.9 Å². The molecule has 0 spiro atoms. The molecule has 0 aliphatic carbocycles. The van der Waals surface area contributed by atoms with Crippen molar-refractivity contribution < 1.29 is 14.2 Å². The Bertz CT molecular complexity index is 669. The highest BCUT2D eigenvalue weighted by atomic mass is 16.7. The number of allylic oxidation sites excluding steroid dienone is 2. The fourth-order valence-corrected chi connectivity index (χ4v) is 2.07. The quantitative estimate of drug-likeness (QED) is 0.787. The minimum atomic E-state index is 0.305. The van der Waals surface area contributed by atoms with E-state index in [0.717, 1.165) is 28.4 Å². The normalized spacial score (nSPS) is 13.2. The van der Waals surface area contributed by atoms with Crippen LogP contribution in [0.4, 0.5) is 0 Å². The van der Waals surface area contributed by atoms with E-state index in [1.807, 2.05) is 66.8 Å². The van der Waals surface area contributed by atoms with Gasteiger partial charge >= 0.3 is 0 Å². The van der Waals surface area contributed by atoms with E-state index < -0.39 is 0 Å². The van der Waals surface area contributed by atoms with E-state index in [1.165, 1.54) is 0 Å². The number of hydrogen-bond acceptors (Lipinski definition) is 3. The maximum atomic E-state index is 5.35. The number of methoxy groups -OCH3 is 1. The van der Waals surface area contributed by atoms with E-state index in [0.29, 0.717) is 6.79 Å². The van der Waals surface area contributed by atoms with Crippen molar-refractivity contribution in [3.8, 4) is 17.2 Å². The zero-order valence-corrected chi connectivity index (χ0v) is 11.8. The number of benzene rings is 2. The highest BCUT2D eigenvalue weighted by Gasteiger charge is 2.11. The third-order valence-electron chi connectivity index (χ3n) is 3.20. The van der Waals surface area contributed by atoms with Gasteiger partial charge in [-0.05, 0) is 35.4 Å². The lowest BCUT2D eigenvalue weighted by Gasteiger charge is -1.98. The van der Waals surface area contributed by atoms with Crippen molar-refractivity contribution in [1.82, 2.24) is 0 Å². The van der Waals surface area contributed by atoms with Gasteiger partial charge in [0.1, 0.15) is 5.75 Å². The number of hydrogen-bond donors (Lipinski definition) is 0. The standard InChI is InChI=1S/C18H16O3/c1-19-16-9-6-14(7-10-16)4-2-3-5-15-8-11-17-18(12-15)21-13-20-17/h2-12H,13H2,1H3/b4-2+,5-3+. The van der Waals surface area contributed by atoms with Crippen molar-refractivity contribution in [3.05, 3.63) is 65.7 Å². The summed E-state index contributed by atoms with van der Waals surface area (Å²) in [5.41, 5.74) is 2.21. The molecule has 0 atom stereocenters. The Kier molecular flexibility index (Phi) is 3.92. The molecule has 2 aromatic carbocycles. The highest BCUT2D eigenvalue weighted by molar-refractivity contribution is 5.60. The molecule has 3 heteroatoms. The second-order valence-electron chi connectivity index (χ2n) is 4.60. The summed E-state index contributed by atoms with van der Waals surface area (Å²) < 4.78 is 15.8. The third-order valence-corrected chi connectivity index (χ3v) is 3.20. The molecule has 0 saturated carbocycles. The summed E-state index contributed by atoms with van der Waals surface area (Å²) in [5.74, 6) is 2.47. The van der Waals surface area contributed by atoms with E-state index in [2.05, 4.69) is 0 Å². The fourth-order valence-electron chi connectivity index (χ4n) is 2.07. The molecule has 0 radical (unpaired) electrons. The maximum Gasteiger partial charge on any atom is 0.231 e. The number of rotatable bonds is 4. The molecule has 2 aromatic rings. The molecule has 21 heavy (non-hydrogen) atoms. The minimum absolute atomic E-state index is 0.305. The topological polar surface area (TPSA) is 27.7 Å². The van der Waals surface area contributed by atoms with Crippen LogP contribution >= 0.6 is 0 Å². The van der Waals surface area contributed by atoms with E-state index >= 15 is 0 Å². The Hall–Kier alpha value is -2.68. The zero-order valence-electron chi connectivity index (χ0n) is 11.8. The predicted molar refractivity (Wildman–Crippen MR) is 83.6 cm³/mol. The Morgan fingerprint density at radius 3 is 2.29 bits per heavy atom. The van der Waals surface area contributed by atoms with Crippen molar-refractivity contribution in [2.45, 2.75) is 0 Å². The molecular formula is C18H16O3. The summed E-state index contributed by atoms with van der Waals surface area (Å²) in [6.45, 7) is 0.305. The predicted octanol–water partition coefficient (Wildman–Crippen LogP) is 4.15. The third kappa shape index (κ3) is 3.26. The van der Waals surface area contributed by atoms with Crippen LogP contribution in [0.5, 0.6) is 17.2 Å². The molecule has 1 aliphatic heterocycles. The summed E-state index contributed by atoms with van der Waals surface area (Å²) >= 11 is 0. The Morgan fingerprint density at radius 1 is 0.857 bits per heavy atom. The van der Waals surface area contributed by atoms with Gasteiger partial charge in [-0.15, -0.1) is 0 Å². The lowest BCUT2D eigenvalue weighted by atomic mass is 10.1. The van der Waals surface area contributed by atoms with Crippen LogP contribution in [0, 0.1) is 0 Å². The van der Waals surface area contributed by atoms with Gasteiger partial charge in [0.15, 0.2) is 11.5 Å². The van der Waals surface area contributed by atoms with Crippen LogP contribution < -0.4 is 14.2 Å². The van der Waals surface area contributed by atoms with Crippen LogP contribution in [-0.2, 0) is 0 Å². The first kappa shape index (κ1) is 13.3. The Morgan fingerprint density at radius 2 is 1.52 bits per heavy atom. The van der Waals surface area contributed by atoms with Gasteiger partial charge in [0.05, 0.1) is 7.11 Å². The lowest BCUT2D eigenvalue weighted by molar-refractivity contribution is 0.174. The summed E-state index contributed by atoms with van der Waals surface area (Å²) in [6, 6.07) is 13.8. The summed E-state index contributed by atoms with van der Waals surface area (Å²) in [5, 5.41) is 0. The summed E-state index contributed by atoms with van der Waals surface area (Å²) in [4.78, 5) is 0. The second-order valence-corrected chi connectivity index (χ2v) is 4.60. The van der Waals surface area contributed by atoms with Crippen LogP contribution in [-0.4, -0.2) is 13.9 Å². The van der Waals surface area contributed by atoms with Gasteiger partial charge in [0, 0.05) is 0 Å². The van der Waals surface area contributed by atoms with Gasteiger partial charge in [0.2, 0.25) is 6.79 Å². The molecule has 106 valence electrons. The average Bonchev–Trinajstić information content (AvgIpc) is 3.00. The van der Waals surface area contributed by atoms with Gasteiger partial charge in [-0.3, -0.25) is 0 Å². The first-order valence-corrected chi connectivity index (χ1v) is 6.73. The van der Waals surface area contributed by atoms with Crippen LogP contribution in [0.2, 0.25) is 0 Å². The van der Waals surface area contributed by atoms with Crippen molar-refractivity contribution in [1.29, 1.82) is 0 Å². The molecule has 1 heterocycles. The molecule has 0 saturated heterocycles. The molecular weight excluding hydrogens is 264 g/mol. The van der Waals surface area contributed by atoms with Crippen LogP contribution in [0.1, 0.15) is 11.1 Å². The van der Waals surface area contributed by atoms with Gasteiger partial charge < -0.3 is 14.2 Å². The van der Waals surface area contributed by atoms with Crippen molar-refractivity contribution >= 4 is 12.2 Å². The average molecular weight is 280 g/mol. The largest absolute Gasteiger partial charge is 0.497 e. The smallest absolute Gasteiger partial charge is 0.231 e. The number of fused-ring (bicyclic) bond motifs is 1. The monoisotopic (exact) mass is 280 g/mol. The van der Waals surface area contributed by atoms with E-state index in [4.69, 9.17) is 14.2 Å². The first-order valence-electron chi connectivity index (χ1n) is 6.73. The van der Waals surface area contributed by atoms with Crippen LogP contribution in [0.25, 0.3) is 12.2 Å². The molecule has 0 fully saturated rings. The van der Waals surface area contributed by atoms with Gasteiger partial charge in [-0.1, -0.05) is 42.5 Å². The van der Waals surface area contributed by atoms with Crippen molar-refractivity contribution in [2.24, 2.45) is 0 Å². The molecule has 1 aliphatic rings. The highest BCUT2D eigenvalue weighted by Crippen LogP contribution is 2.32. The summed E-state index contributed by atoms with van der Waals surface area (Å²) in [6.07, 6.45) is 8.08. The maximum absolute atomic E-state index is 5.35. The van der Waals surface area contributed by atoms with Gasteiger partial charge in [-0.25, -0.2) is 0 Å². The van der Waals surface area contributed by atoms with Crippen LogP contribution in [0.15, 0.2) is 54.6 Å². The van der Waals surface area contributed by atoms with E-state index in [-0.39, 0.29) is 0 Å². The van der Waals surface area contributed by atoms with Gasteiger partial charge in [-0.2, -0.15) is 0 Å². The van der Waals surface area contributed by atoms with E-state index in [1.54, 1.807) is 7.11 Å². The molecule has 0 amide bonds. The Labute approximate surface area is 124 Å². The minimum Gasteiger partial charge on any atom is -0.497 e. The molecule has 0 bridgehead atoms. The SMILES string of the molecule is COc1ccc(/C=C/C=C/c2ccc3c(c2)OCO3)cc1. The Balaban J connectivity index is 1.64. The zero-order chi connectivity index (χ0) is 14.5. The van der Waals surface area contributed by atoms with Crippen LogP contribution in [0.3, 0.4) is 0 Å². The first-order chi connectivity index (χ1) is 10.3. The fraction of sp³-hybridized carbons (Fsp3) is 0.111. The molecule has 0 aromatic heterocycles. The molecule has 0 N–H and O–H groups in total. The molecule has 3 nitrogen and oxygen atoms in total. The van der Waals surface area contributed by atoms with E-state index in [9.17, 15) is 0 Å². The van der Waals surface area contributed by atoms with Crippen molar-refractivity contribution in [3.63, 3.8) is 0 Å². The number of ether oxygens (including phenoxy) is 3. The second kappa shape index (κ2) is 6.18. The van der Waals surface area contributed by atoms with Gasteiger partial charge in [0.25, 0.3) is 0 Å². The molecule has 0 unspecified atom stereocenters. The summed E-state index contributed by atoms with van der Waals surface area (Å²) in [7, 11) is 1.67.